The minimum absolute atomic E-state index is 0.0511. The van der Waals surface area contributed by atoms with Crippen LogP contribution < -0.4 is 10.1 Å². The number of hydrogen-bond acceptors (Lipinski definition) is 6. The van der Waals surface area contributed by atoms with Crippen LogP contribution in [-0.2, 0) is 9.53 Å². The van der Waals surface area contributed by atoms with Crippen molar-refractivity contribution in [1.82, 2.24) is 10.3 Å². The van der Waals surface area contributed by atoms with Crippen LogP contribution in [0.2, 0.25) is 0 Å². The molecule has 0 aliphatic carbocycles. The Hall–Kier alpha value is -3.06. The van der Waals surface area contributed by atoms with E-state index in [9.17, 15) is 9.59 Å². The van der Waals surface area contributed by atoms with Crippen LogP contribution in [0.25, 0.3) is 22.0 Å². The van der Waals surface area contributed by atoms with Gasteiger partial charge in [-0.05, 0) is 36.2 Å². The molecular weight excluding hydrogens is 376 g/mol. The molecule has 0 aliphatic heterocycles. The van der Waals surface area contributed by atoms with Crippen LogP contribution in [-0.4, -0.2) is 36.5 Å². The number of benzene rings is 2. The van der Waals surface area contributed by atoms with Crippen molar-refractivity contribution in [3.05, 3.63) is 54.6 Å². The molecular formula is C21H20N2O4S. The van der Waals surface area contributed by atoms with Crippen LogP contribution in [0.15, 0.2) is 59.6 Å². The zero-order valence-electron chi connectivity index (χ0n) is 15.6. The summed E-state index contributed by atoms with van der Waals surface area (Å²) >= 11 is 1.25. The lowest BCUT2D eigenvalue weighted by molar-refractivity contribution is -0.117. The molecule has 7 heteroatoms. The Morgan fingerprint density at radius 2 is 1.89 bits per heavy atom. The first-order chi connectivity index (χ1) is 13.6. The van der Waals surface area contributed by atoms with Crippen molar-refractivity contribution in [1.29, 1.82) is 0 Å². The molecule has 0 unspecified atom stereocenters. The summed E-state index contributed by atoms with van der Waals surface area (Å²) in [6.07, 6.45) is -0.741. The molecule has 3 rings (SSSR count). The minimum Gasteiger partial charge on any atom is -0.497 e. The molecule has 0 radical (unpaired) electrons. The van der Waals surface area contributed by atoms with Gasteiger partial charge in [0.05, 0.1) is 30.0 Å². The third-order valence-corrected chi connectivity index (χ3v) is 4.86. The average molecular weight is 396 g/mol. The molecule has 0 aliphatic rings. The van der Waals surface area contributed by atoms with Crippen LogP contribution in [0.4, 0.5) is 4.79 Å². The number of thioether (sulfide) groups is 1. The van der Waals surface area contributed by atoms with Crippen LogP contribution in [0, 0.1) is 0 Å². The lowest BCUT2D eigenvalue weighted by Gasteiger charge is -2.11. The minimum atomic E-state index is -0.741. The highest BCUT2D eigenvalue weighted by Crippen LogP contribution is 2.33. The summed E-state index contributed by atoms with van der Waals surface area (Å²) in [4.78, 5) is 27.9. The number of nitrogens with zero attached hydrogens (tertiary/aromatic N) is 1. The quantitative estimate of drug-likeness (QED) is 0.627. The molecule has 144 valence electrons. The van der Waals surface area contributed by atoms with Crippen molar-refractivity contribution < 1.29 is 19.1 Å². The summed E-state index contributed by atoms with van der Waals surface area (Å²) in [5.74, 6) is 0.327. The topological polar surface area (TPSA) is 77.5 Å². The predicted octanol–water partition coefficient (Wildman–Crippen LogP) is 4.28. The van der Waals surface area contributed by atoms with E-state index in [1.54, 1.807) is 14.0 Å². The number of carbonyl (C=O) groups is 2. The molecule has 0 saturated carbocycles. The van der Waals surface area contributed by atoms with Crippen molar-refractivity contribution in [2.75, 3.05) is 19.5 Å². The third kappa shape index (κ3) is 4.80. The van der Waals surface area contributed by atoms with Crippen molar-refractivity contribution in [2.24, 2.45) is 0 Å². The van der Waals surface area contributed by atoms with E-state index in [1.165, 1.54) is 11.8 Å². The van der Waals surface area contributed by atoms with Crippen LogP contribution in [0.1, 0.15) is 6.92 Å². The van der Waals surface area contributed by atoms with Crippen LogP contribution in [0.5, 0.6) is 5.75 Å². The molecule has 2 amide bonds. The first-order valence-corrected chi connectivity index (χ1v) is 9.73. The lowest BCUT2D eigenvalue weighted by atomic mass is 10.0. The Labute approximate surface area is 167 Å². The molecule has 1 heterocycles. The molecule has 0 spiro atoms. The van der Waals surface area contributed by atoms with Crippen molar-refractivity contribution in [3.8, 4) is 16.9 Å². The molecule has 6 nitrogen and oxygen atoms in total. The van der Waals surface area contributed by atoms with Gasteiger partial charge in [0.2, 0.25) is 5.91 Å². The number of methoxy groups -OCH3 is 1. The van der Waals surface area contributed by atoms with Crippen molar-refractivity contribution in [3.63, 3.8) is 0 Å². The van der Waals surface area contributed by atoms with Gasteiger partial charge in [0.1, 0.15) is 5.75 Å². The van der Waals surface area contributed by atoms with Crippen molar-refractivity contribution >= 4 is 34.7 Å². The molecule has 1 N–H and O–H groups in total. The largest absolute Gasteiger partial charge is 0.497 e. The van der Waals surface area contributed by atoms with Gasteiger partial charge in [-0.25, -0.2) is 9.78 Å². The number of amides is 2. The Kier molecular flexibility index (Phi) is 6.49. The SMILES string of the molecule is CCOC(=O)NC(=O)CSc1cc(-c2ccccc2)c2ccc(OC)cc2n1. The molecule has 2 aromatic carbocycles. The van der Waals surface area contributed by atoms with E-state index in [0.29, 0.717) is 10.8 Å². The standard InChI is InChI=1S/C21H20N2O4S/c1-3-27-21(25)23-19(24)13-28-20-12-17(14-7-5-4-6-8-14)16-10-9-15(26-2)11-18(16)22-20/h4-12H,3,13H2,1-2H3,(H,23,24,25). The number of fused-ring (bicyclic) bond motifs is 1. The van der Waals surface area contributed by atoms with E-state index < -0.39 is 12.0 Å². The van der Waals surface area contributed by atoms with Crippen LogP contribution in [0.3, 0.4) is 0 Å². The highest BCUT2D eigenvalue weighted by molar-refractivity contribution is 7.99. The zero-order valence-corrected chi connectivity index (χ0v) is 16.4. The maximum absolute atomic E-state index is 11.9. The van der Waals surface area contributed by atoms with Gasteiger partial charge in [-0.2, -0.15) is 0 Å². The average Bonchev–Trinajstić information content (AvgIpc) is 2.72. The fourth-order valence-electron chi connectivity index (χ4n) is 2.70. The monoisotopic (exact) mass is 396 g/mol. The zero-order chi connectivity index (χ0) is 19.9. The van der Waals surface area contributed by atoms with Gasteiger partial charge >= 0.3 is 6.09 Å². The summed E-state index contributed by atoms with van der Waals surface area (Å²) in [6, 6.07) is 17.7. The van der Waals surface area contributed by atoms with Crippen LogP contribution >= 0.6 is 11.8 Å². The number of hydrogen-bond donors (Lipinski definition) is 1. The smallest absolute Gasteiger partial charge is 0.413 e. The summed E-state index contributed by atoms with van der Waals surface area (Å²) in [5, 5.41) is 3.86. The van der Waals surface area contributed by atoms with Gasteiger partial charge < -0.3 is 9.47 Å². The van der Waals surface area contributed by atoms with Crippen molar-refractivity contribution in [2.45, 2.75) is 11.9 Å². The lowest BCUT2D eigenvalue weighted by Crippen LogP contribution is -2.32. The van der Waals surface area contributed by atoms with Gasteiger partial charge in [-0.15, -0.1) is 0 Å². The number of ether oxygens (including phenoxy) is 2. The highest BCUT2D eigenvalue weighted by Gasteiger charge is 2.13. The first-order valence-electron chi connectivity index (χ1n) is 8.74. The van der Waals surface area contributed by atoms with E-state index in [2.05, 4.69) is 10.3 Å². The normalized spacial score (nSPS) is 10.5. The van der Waals surface area contributed by atoms with E-state index in [1.807, 2.05) is 54.6 Å². The van der Waals surface area contributed by atoms with Gasteiger partial charge in [0, 0.05) is 11.5 Å². The number of aromatic nitrogens is 1. The maximum atomic E-state index is 11.9. The summed E-state index contributed by atoms with van der Waals surface area (Å²) in [5.41, 5.74) is 2.84. The number of imide groups is 1. The van der Waals surface area contributed by atoms with E-state index in [0.717, 1.165) is 22.0 Å². The maximum Gasteiger partial charge on any atom is 0.413 e. The van der Waals surface area contributed by atoms with E-state index >= 15 is 0 Å². The Bertz CT molecular complexity index is 992. The Balaban J connectivity index is 1.90. The second kappa shape index (κ2) is 9.23. The first kappa shape index (κ1) is 19.7. The molecule has 1 aromatic heterocycles. The molecule has 0 bridgehead atoms. The molecule has 3 aromatic rings. The molecule has 0 saturated heterocycles. The Morgan fingerprint density at radius 1 is 1.11 bits per heavy atom. The molecule has 28 heavy (non-hydrogen) atoms. The third-order valence-electron chi connectivity index (χ3n) is 3.95. The van der Waals surface area contributed by atoms with E-state index in [4.69, 9.17) is 9.47 Å². The number of rotatable bonds is 6. The number of carbonyl (C=O) groups excluding carboxylic acids is 2. The molecule has 0 atom stereocenters. The fourth-order valence-corrected chi connectivity index (χ4v) is 3.41. The fraction of sp³-hybridized carbons (Fsp3) is 0.190. The van der Waals surface area contributed by atoms with Gasteiger partial charge in [0.25, 0.3) is 0 Å². The molecule has 0 fully saturated rings. The Morgan fingerprint density at radius 3 is 2.61 bits per heavy atom. The van der Waals surface area contributed by atoms with E-state index in [-0.39, 0.29) is 12.4 Å². The van der Waals surface area contributed by atoms with Gasteiger partial charge in [-0.3, -0.25) is 10.1 Å². The predicted molar refractivity (Wildman–Crippen MR) is 110 cm³/mol. The second-order valence-corrected chi connectivity index (χ2v) is 6.81. The highest BCUT2D eigenvalue weighted by atomic mass is 32.2. The summed E-state index contributed by atoms with van der Waals surface area (Å²) in [7, 11) is 1.61. The summed E-state index contributed by atoms with van der Waals surface area (Å²) < 4.78 is 10.0. The van der Waals surface area contributed by atoms with Gasteiger partial charge in [0.15, 0.2) is 0 Å². The summed E-state index contributed by atoms with van der Waals surface area (Å²) in [6.45, 7) is 1.89. The van der Waals surface area contributed by atoms with Gasteiger partial charge in [-0.1, -0.05) is 42.1 Å². The number of alkyl carbamates (subject to hydrolysis) is 1. The second-order valence-electron chi connectivity index (χ2n) is 5.81. The number of pyridine rings is 1. The number of nitrogens with one attached hydrogen (secondary N) is 1.